The maximum absolute atomic E-state index is 12.7. The van der Waals surface area contributed by atoms with E-state index in [2.05, 4.69) is 10.6 Å². The lowest BCUT2D eigenvalue weighted by Crippen LogP contribution is -2.46. The first-order chi connectivity index (χ1) is 13.8. The lowest BCUT2D eigenvalue weighted by molar-refractivity contribution is -0.114. The van der Waals surface area contributed by atoms with Crippen molar-refractivity contribution in [2.45, 2.75) is 25.8 Å². The first-order valence-electron chi connectivity index (χ1n) is 9.26. The van der Waals surface area contributed by atoms with Gasteiger partial charge in [-0.05, 0) is 49.2 Å². The average molecular weight is 434 g/mol. The third-order valence-electron chi connectivity index (χ3n) is 4.72. The molecule has 0 bridgehead atoms. The van der Waals surface area contributed by atoms with Crippen LogP contribution in [0, 0.1) is 0 Å². The Hall–Kier alpha value is -2.57. The lowest BCUT2D eigenvalue weighted by Gasteiger charge is -2.32. The summed E-state index contributed by atoms with van der Waals surface area (Å²) in [5.74, 6) is -0.539. The highest BCUT2D eigenvalue weighted by atomic mass is 35.5. The van der Waals surface area contributed by atoms with Crippen LogP contribution < -0.4 is 10.6 Å². The van der Waals surface area contributed by atoms with Crippen molar-refractivity contribution in [3.63, 3.8) is 0 Å². The first kappa shape index (κ1) is 21.1. The van der Waals surface area contributed by atoms with Crippen LogP contribution in [-0.2, 0) is 4.79 Å². The normalized spacial score (nSPS) is 14.4. The Labute approximate surface area is 179 Å². The summed E-state index contributed by atoms with van der Waals surface area (Å²) in [6, 6.07) is 11.6. The van der Waals surface area contributed by atoms with E-state index in [0.29, 0.717) is 52.8 Å². The number of benzene rings is 2. The van der Waals surface area contributed by atoms with E-state index in [9.17, 15) is 14.4 Å². The number of anilines is 1. The lowest BCUT2D eigenvalue weighted by atomic mass is 10.0. The molecule has 0 atom stereocenters. The minimum absolute atomic E-state index is 0.0309. The van der Waals surface area contributed by atoms with Crippen LogP contribution in [0.15, 0.2) is 42.5 Å². The van der Waals surface area contributed by atoms with Crippen LogP contribution >= 0.6 is 23.2 Å². The highest BCUT2D eigenvalue weighted by Gasteiger charge is 2.26. The van der Waals surface area contributed by atoms with Gasteiger partial charge >= 0.3 is 0 Å². The molecule has 0 unspecified atom stereocenters. The highest BCUT2D eigenvalue weighted by molar-refractivity contribution is 6.36. The van der Waals surface area contributed by atoms with Crippen LogP contribution in [0.2, 0.25) is 10.0 Å². The van der Waals surface area contributed by atoms with Crippen LogP contribution in [-0.4, -0.2) is 41.8 Å². The largest absolute Gasteiger partial charge is 0.349 e. The Morgan fingerprint density at radius 1 is 1.03 bits per heavy atom. The Balaban J connectivity index is 1.56. The molecule has 3 amide bonds. The van der Waals surface area contributed by atoms with Crippen molar-refractivity contribution in [2.75, 3.05) is 18.4 Å². The molecule has 0 saturated carbocycles. The Kier molecular flexibility index (Phi) is 6.77. The summed E-state index contributed by atoms with van der Waals surface area (Å²) in [5, 5.41) is 6.48. The molecule has 0 radical (unpaired) electrons. The topological polar surface area (TPSA) is 78.5 Å². The van der Waals surface area contributed by atoms with Gasteiger partial charge in [0.2, 0.25) is 5.91 Å². The van der Waals surface area contributed by atoms with Crippen LogP contribution in [0.1, 0.15) is 40.5 Å². The summed E-state index contributed by atoms with van der Waals surface area (Å²) in [5.41, 5.74) is 1.47. The molecule has 29 heavy (non-hydrogen) atoms. The molecule has 0 spiro atoms. The number of rotatable bonds is 4. The molecule has 6 nitrogen and oxygen atoms in total. The summed E-state index contributed by atoms with van der Waals surface area (Å²) in [4.78, 5) is 38.1. The number of nitrogens with zero attached hydrogens (tertiary/aromatic N) is 1. The molecule has 152 valence electrons. The van der Waals surface area contributed by atoms with Gasteiger partial charge in [-0.3, -0.25) is 14.4 Å². The Morgan fingerprint density at radius 3 is 2.41 bits per heavy atom. The fourth-order valence-corrected chi connectivity index (χ4v) is 3.76. The molecule has 1 aliphatic heterocycles. The quantitative estimate of drug-likeness (QED) is 0.764. The van der Waals surface area contributed by atoms with E-state index >= 15 is 0 Å². The zero-order valence-corrected chi connectivity index (χ0v) is 17.4. The predicted molar refractivity (Wildman–Crippen MR) is 114 cm³/mol. The van der Waals surface area contributed by atoms with Gasteiger partial charge in [-0.2, -0.15) is 0 Å². The van der Waals surface area contributed by atoms with Crippen LogP contribution in [0.3, 0.4) is 0 Å². The SMILES string of the molecule is CC(=O)Nc1cccc(C(=O)NC2CCN(C(=O)c3ccc(Cl)cc3Cl)CC2)c1. The summed E-state index contributed by atoms with van der Waals surface area (Å²) in [6.45, 7) is 2.46. The van der Waals surface area contributed by atoms with Crippen molar-refractivity contribution >= 4 is 46.6 Å². The molecule has 0 aliphatic carbocycles. The number of likely N-dealkylation sites (tertiary alicyclic amines) is 1. The Morgan fingerprint density at radius 2 is 1.76 bits per heavy atom. The third kappa shape index (κ3) is 5.49. The molecule has 2 N–H and O–H groups in total. The minimum atomic E-state index is -0.206. The fraction of sp³-hybridized carbons (Fsp3) is 0.286. The van der Waals surface area contributed by atoms with Gasteiger partial charge in [-0.15, -0.1) is 0 Å². The van der Waals surface area contributed by atoms with Gasteiger partial charge in [0.25, 0.3) is 11.8 Å². The van der Waals surface area contributed by atoms with Crippen molar-refractivity contribution in [1.82, 2.24) is 10.2 Å². The van der Waals surface area contributed by atoms with Crippen LogP contribution in [0.25, 0.3) is 0 Å². The summed E-state index contributed by atoms with van der Waals surface area (Å²) in [7, 11) is 0. The molecule has 1 heterocycles. The summed E-state index contributed by atoms with van der Waals surface area (Å²) < 4.78 is 0. The molecule has 0 aromatic heterocycles. The summed E-state index contributed by atoms with van der Waals surface area (Å²) >= 11 is 12.0. The number of nitrogens with one attached hydrogen (secondary N) is 2. The van der Waals surface area contributed by atoms with E-state index in [1.54, 1.807) is 47.4 Å². The van der Waals surface area contributed by atoms with Crippen molar-refractivity contribution < 1.29 is 14.4 Å². The van der Waals surface area contributed by atoms with Crippen molar-refractivity contribution in [1.29, 1.82) is 0 Å². The number of amides is 3. The van der Waals surface area contributed by atoms with E-state index in [1.807, 2.05) is 0 Å². The standard InChI is InChI=1S/C21H21Cl2N3O3/c1-13(27)24-17-4-2-3-14(11-17)20(28)25-16-7-9-26(10-8-16)21(29)18-6-5-15(22)12-19(18)23/h2-6,11-12,16H,7-10H2,1H3,(H,24,27)(H,25,28). The summed E-state index contributed by atoms with van der Waals surface area (Å²) in [6.07, 6.45) is 1.29. The second kappa shape index (κ2) is 9.29. The maximum Gasteiger partial charge on any atom is 0.255 e. The number of halogens is 2. The maximum atomic E-state index is 12.7. The second-order valence-electron chi connectivity index (χ2n) is 6.93. The predicted octanol–water partition coefficient (Wildman–Crippen LogP) is 3.99. The number of hydrogen-bond acceptors (Lipinski definition) is 3. The van der Waals surface area contributed by atoms with E-state index in [-0.39, 0.29) is 23.8 Å². The number of carbonyl (C=O) groups excluding carboxylic acids is 3. The fourth-order valence-electron chi connectivity index (χ4n) is 3.27. The molecule has 2 aromatic carbocycles. The molecule has 1 aliphatic rings. The molecule has 1 saturated heterocycles. The van der Waals surface area contributed by atoms with Gasteiger partial charge in [0.15, 0.2) is 0 Å². The van der Waals surface area contributed by atoms with Gasteiger partial charge in [0.05, 0.1) is 10.6 Å². The zero-order chi connectivity index (χ0) is 21.0. The smallest absolute Gasteiger partial charge is 0.255 e. The van der Waals surface area contributed by atoms with Gasteiger partial charge in [0, 0.05) is 42.3 Å². The van der Waals surface area contributed by atoms with Gasteiger partial charge in [-0.25, -0.2) is 0 Å². The molecule has 3 rings (SSSR count). The molecule has 2 aromatic rings. The number of carbonyl (C=O) groups is 3. The van der Waals surface area contributed by atoms with Crippen molar-refractivity contribution in [3.8, 4) is 0 Å². The minimum Gasteiger partial charge on any atom is -0.349 e. The second-order valence-corrected chi connectivity index (χ2v) is 7.77. The van der Waals surface area contributed by atoms with Gasteiger partial charge in [0.1, 0.15) is 0 Å². The van der Waals surface area contributed by atoms with Gasteiger partial charge < -0.3 is 15.5 Å². The van der Waals surface area contributed by atoms with Crippen LogP contribution in [0.5, 0.6) is 0 Å². The average Bonchev–Trinajstić information content (AvgIpc) is 2.68. The molecule has 1 fully saturated rings. The monoisotopic (exact) mass is 433 g/mol. The number of hydrogen-bond donors (Lipinski definition) is 2. The van der Waals surface area contributed by atoms with E-state index in [1.165, 1.54) is 6.92 Å². The van der Waals surface area contributed by atoms with Crippen LogP contribution in [0.4, 0.5) is 5.69 Å². The molecular formula is C21H21Cl2N3O3. The van der Waals surface area contributed by atoms with Crippen molar-refractivity contribution in [3.05, 3.63) is 63.6 Å². The van der Waals surface area contributed by atoms with Crippen molar-refractivity contribution in [2.24, 2.45) is 0 Å². The number of piperidine rings is 1. The van der Waals surface area contributed by atoms with E-state index < -0.39 is 0 Å². The van der Waals surface area contributed by atoms with E-state index in [4.69, 9.17) is 23.2 Å². The highest BCUT2D eigenvalue weighted by Crippen LogP contribution is 2.24. The first-order valence-corrected chi connectivity index (χ1v) is 10.0. The van der Waals surface area contributed by atoms with E-state index in [0.717, 1.165) is 0 Å². The van der Waals surface area contributed by atoms with Gasteiger partial charge in [-0.1, -0.05) is 29.3 Å². The third-order valence-corrected chi connectivity index (χ3v) is 5.27. The molecular weight excluding hydrogens is 413 g/mol. The Bertz CT molecular complexity index is 941. The zero-order valence-electron chi connectivity index (χ0n) is 15.9. The molecule has 8 heteroatoms.